The highest BCUT2D eigenvalue weighted by atomic mass is 32.2. The molecule has 0 bridgehead atoms. The maximum absolute atomic E-state index is 13.3. The van der Waals surface area contributed by atoms with Crippen molar-refractivity contribution in [3.05, 3.63) is 65.2 Å². The number of carbonyl (C=O) groups excluding carboxylic acids is 1. The summed E-state index contributed by atoms with van der Waals surface area (Å²) in [4.78, 5) is 12.8. The molecule has 1 heterocycles. The quantitative estimate of drug-likeness (QED) is 0.735. The first-order valence-electron chi connectivity index (χ1n) is 9.17. The van der Waals surface area contributed by atoms with E-state index in [1.54, 1.807) is 31.2 Å². The zero-order valence-electron chi connectivity index (χ0n) is 15.9. The lowest BCUT2D eigenvalue weighted by Crippen LogP contribution is -2.34. The first-order valence-corrected chi connectivity index (χ1v) is 10.6. The fraction of sp³-hybridized carbons (Fsp3) is 0.381. The minimum atomic E-state index is -3.73. The molecule has 1 fully saturated rings. The van der Waals surface area contributed by atoms with Crippen LogP contribution in [0, 0.1) is 19.8 Å². The molecule has 0 spiro atoms. The van der Waals surface area contributed by atoms with E-state index in [2.05, 4.69) is 0 Å². The zero-order chi connectivity index (χ0) is 19.6. The van der Waals surface area contributed by atoms with Gasteiger partial charge >= 0.3 is 5.97 Å². The van der Waals surface area contributed by atoms with Gasteiger partial charge < -0.3 is 4.74 Å². The van der Waals surface area contributed by atoms with Gasteiger partial charge in [0.25, 0.3) is 0 Å². The SMILES string of the molecule is CCOC(=O)C1CCN(S(=O)(=O)c2ccc(C)cc2)C1c1ccccc1C. The lowest BCUT2D eigenvalue weighted by Gasteiger charge is -2.28. The second kappa shape index (κ2) is 7.82. The predicted molar refractivity (Wildman–Crippen MR) is 104 cm³/mol. The van der Waals surface area contributed by atoms with Crippen molar-refractivity contribution in [1.29, 1.82) is 0 Å². The molecular weight excluding hydrogens is 362 g/mol. The standard InChI is InChI=1S/C21H25NO4S/c1-4-26-21(23)19-13-14-22(20(19)18-8-6-5-7-16(18)3)27(24,25)17-11-9-15(2)10-12-17/h5-12,19-20H,4,13-14H2,1-3H3. The molecule has 0 radical (unpaired) electrons. The number of nitrogens with zero attached hydrogens (tertiary/aromatic N) is 1. The minimum Gasteiger partial charge on any atom is -0.466 e. The summed E-state index contributed by atoms with van der Waals surface area (Å²) in [6.45, 7) is 6.18. The number of rotatable bonds is 5. The van der Waals surface area contributed by atoms with Gasteiger partial charge in [0.15, 0.2) is 0 Å². The third-order valence-corrected chi connectivity index (χ3v) is 6.97. The van der Waals surface area contributed by atoms with Crippen molar-refractivity contribution in [3.63, 3.8) is 0 Å². The summed E-state index contributed by atoms with van der Waals surface area (Å²) in [7, 11) is -3.73. The van der Waals surface area contributed by atoms with Crippen molar-refractivity contribution in [2.75, 3.05) is 13.2 Å². The van der Waals surface area contributed by atoms with E-state index in [9.17, 15) is 13.2 Å². The molecule has 1 aliphatic rings. The van der Waals surface area contributed by atoms with Gasteiger partial charge in [-0.2, -0.15) is 4.31 Å². The molecule has 3 rings (SSSR count). The molecule has 2 aromatic carbocycles. The van der Waals surface area contributed by atoms with Crippen LogP contribution in [0.5, 0.6) is 0 Å². The van der Waals surface area contributed by atoms with Crippen LogP contribution in [0.3, 0.4) is 0 Å². The predicted octanol–water partition coefficient (Wildman–Crippen LogP) is 3.62. The Bertz CT molecular complexity index is 921. The van der Waals surface area contributed by atoms with Crippen LogP contribution < -0.4 is 0 Å². The molecule has 2 unspecified atom stereocenters. The van der Waals surface area contributed by atoms with Gasteiger partial charge in [-0.25, -0.2) is 8.42 Å². The van der Waals surface area contributed by atoms with Crippen LogP contribution in [0.1, 0.15) is 36.1 Å². The van der Waals surface area contributed by atoms with Gasteiger partial charge in [0.1, 0.15) is 0 Å². The molecule has 0 amide bonds. The highest BCUT2D eigenvalue weighted by Gasteiger charge is 2.46. The van der Waals surface area contributed by atoms with Gasteiger partial charge in [0.05, 0.1) is 23.5 Å². The van der Waals surface area contributed by atoms with E-state index in [-0.39, 0.29) is 17.5 Å². The van der Waals surface area contributed by atoms with E-state index >= 15 is 0 Å². The minimum absolute atomic E-state index is 0.246. The second-order valence-electron chi connectivity index (χ2n) is 6.88. The molecule has 2 atom stereocenters. The summed E-state index contributed by atoms with van der Waals surface area (Å²) < 4.78 is 33.4. The second-order valence-corrected chi connectivity index (χ2v) is 8.77. The largest absolute Gasteiger partial charge is 0.466 e. The van der Waals surface area contributed by atoms with Crippen LogP contribution in [0.2, 0.25) is 0 Å². The Morgan fingerprint density at radius 2 is 1.78 bits per heavy atom. The molecule has 0 N–H and O–H groups in total. The Balaban J connectivity index is 2.07. The summed E-state index contributed by atoms with van der Waals surface area (Å²) in [5, 5.41) is 0. The Hall–Kier alpha value is -2.18. The number of aryl methyl sites for hydroxylation is 2. The summed E-state index contributed by atoms with van der Waals surface area (Å²) in [5.41, 5.74) is 2.81. The number of hydrogen-bond donors (Lipinski definition) is 0. The van der Waals surface area contributed by atoms with Gasteiger partial charge in [0, 0.05) is 6.54 Å². The van der Waals surface area contributed by atoms with E-state index in [0.29, 0.717) is 13.0 Å². The summed E-state index contributed by atoms with van der Waals surface area (Å²) in [6, 6.07) is 13.9. The molecule has 0 aromatic heterocycles. The number of esters is 1. The van der Waals surface area contributed by atoms with Crippen molar-refractivity contribution in [2.24, 2.45) is 5.92 Å². The Morgan fingerprint density at radius 1 is 1.11 bits per heavy atom. The number of sulfonamides is 1. The van der Waals surface area contributed by atoms with Crippen LogP contribution in [-0.2, 0) is 19.6 Å². The summed E-state index contributed by atoms with van der Waals surface area (Å²) >= 11 is 0. The molecule has 1 aliphatic heterocycles. The van der Waals surface area contributed by atoms with Crippen LogP contribution in [0.15, 0.2) is 53.4 Å². The van der Waals surface area contributed by atoms with E-state index in [0.717, 1.165) is 16.7 Å². The molecule has 27 heavy (non-hydrogen) atoms. The smallest absolute Gasteiger partial charge is 0.310 e. The van der Waals surface area contributed by atoms with Crippen LogP contribution in [0.25, 0.3) is 0 Å². The molecule has 5 nitrogen and oxygen atoms in total. The molecule has 6 heteroatoms. The first kappa shape index (κ1) is 19.6. The molecule has 0 aliphatic carbocycles. The van der Waals surface area contributed by atoms with Gasteiger partial charge in [-0.15, -0.1) is 0 Å². The highest BCUT2D eigenvalue weighted by molar-refractivity contribution is 7.89. The van der Waals surface area contributed by atoms with E-state index in [1.165, 1.54) is 4.31 Å². The number of benzene rings is 2. The normalized spacial score (nSPS) is 20.6. The zero-order valence-corrected chi connectivity index (χ0v) is 16.7. The van der Waals surface area contributed by atoms with Crippen LogP contribution in [-0.4, -0.2) is 31.8 Å². The van der Waals surface area contributed by atoms with Crippen LogP contribution >= 0.6 is 0 Å². The monoisotopic (exact) mass is 387 g/mol. The first-order chi connectivity index (χ1) is 12.9. The molecule has 0 saturated carbocycles. The maximum Gasteiger partial charge on any atom is 0.310 e. The Morgan fingerprint density at radius 3 is 2.41 bits per heavy atom. The number of hydrogen-bond acceptors (Lipinski definition) is 4. The maximum atomic E-state index is 13.3. The van der Waals surface area contributed by atoms with Crippen molar-refractivity contribution in [3.8, 4) is 0 Å². The van der Waals surface area contributed by atoms with Crippen molar-refractivity contribution in [1.82, 2.24) is 4.31 Å². The number of carbonyl (C=O) groups is 1. The lowest BCUT2D eigenvalue weighted by atomic mass is 9.91. The fourth-order valence-electron chi connectivity index (χ4n) is 3.67. The molecule has 2 aromatic rings. The molecule has 144 valence electrons. The van der Waals surface area contributed by atoms with Gasteiger partial charge in [-0.3, -0.25) is 4.79 Å². The average Bonchev–Trinajstić information content (AvgIpc) is 3.08. The van der Waals surface area contributed by atoms with Gasteiger partial charge in [-0.1, -0.05) is 42.0 Å². The van der Waals surface area contributed by atoms with Crippen molar-refractivity contribution in [2.45, 2.75) is 38.1 Å². The molecular formula is C21H25NO4S. The number of ether oxygens (including phenoxy) is 1. The van der Waals surface area contributed by atoms with Crippen molar-refractivity contribution < 1.29 is 17.9 Å². The van der Waals surface area contributed by atoms with E-state index in [1.807, 2.05) is 38.1 Å². The third kappa shape index (κ3) is 3.77. The van der Waals surface area contributed by atoms with Crippen molar-refractivity contribution >= 4 is 16.0 Å². The average molecular weight is 388 g/mol. The Labute approximate surface area is 161 Å². The van der Waals surface area contributed by atoms with E-state index in [4.69, 9.17) is 4.74 Å². The lowest BCUT2D eigenvalue weighted by molar-refractivity contribution is -0.148. The van der Waals surface area contributed by atoms with Crippen LogP contribution in [0.4, 0.5) is 0 Å². The summed E-state index contributed by atoms with van der Waals surface area (Å²) in [6.07, 6.45) is 0.447. The Kier molecular flexibility index (Phi) is 5.67. The topological polar surface area (TPSA) is 63.7 Å². The third-order valence-electron chi connectivity index (χ3n) is 5.08. The fourth-order valence-corrected chi connectivity index (χ4v) is 5.32. The summed E-state index contributed by atoms with van der Waals surface area (Å²) in [5.74, 6) is -0.848. The molecule has 1 saturated heterocycles. The van der Waals surface area contributed by atoms with Gasteiger partial charge in [-0.05, 0) is 50.5 Å². The van der Waals surface area contributed by atoms with E-state index < -0.39 is 22.0 Å². The highest BCUT2D eigenvalue weighted by Crippen LogP contribution is 2.42. The van der Waals surface area contributed by atoms with Gasteiger partial charge in [0.2, 0.25) is 10.0 Å².